The molecule has 0 aliphatic heterocycles. The zero-order valence-electron chi connectivity index (χ0n) is 11.6. The Morgan fingerprint density at radius 1 is 1.00 bits per heavy atom. The van der Waals surface area contributed by atoms with Crippen molar-refractivity contribution in [1.82, 2.24) is 0 Å². The monoisotopic (exact) mass is 289 g/mol. The van der Waals surface area contributed by atoms with Crippen molar-refractivity contribution in [3.63, 3.8) is 0 Å². The van der Waals surface area contributed by atoms with Crippen LogP contribution in [-0.4, -0.2) is 46.5 Å². The number of ether oxygens (including phenoxy) is 1. The van der Waals surface area contributed by atoms with Crippen LogP contribution >= 0.6 is 15.2 Å². The van der Waals surface area contributed by atoms with Gasteiger partial charge in [-0.05, 0) is 20.8 Å². The van der Waals surface area contributed by atoms with E-state index in [9.17, 15) is 9.13 Å². The van der Waals surface area contributed by atoms with Gasteiger partial charge in [-0.3, -0.25) is 4.57 Å². The summed E-state index contributed by atoms with van der Waals surface area (Å²) in [5.74, 6) is 0. The van der Waals surface area contributed by atoms with Crippen LogP contribution in [0.5, 0.6) is 0 Å². The van der Waals surface area contributed by atoms with Crippen molar-refractivity contribution in [3.05, 3.63) is 0 Å². The molecule has 17 heavy (non-hydrogen) atoms. The molecule has 0 aromatic rings. The van der Waals surface area contributed by atoms with E-state index in [-0.39, 0.29) is 7.43 Å². The van der Waals surface area contributed by atoms with Crippen LogP contribution in [0.25, 0.3) is 0 Å². The highest BCUT2D eigenvalue weighted by atomic mass is 31.2. The third-order valence-corrected chi connectivity index (χ3v) is 1.73. The maximum Gasteiger partial charge on any atom is 0.332 e. The van der Waals surface area contributed by atoms with E-state index in [4.69, 9.17) is 9.26 Å². The Morgan fingerprint density at radius 2 is 1.29 bits per heavy atom. The smallest absolute Gasteiger partial charge is 0.332 e. The third kappa shape index (κ3) is 84.5. The fourth-order valence-electron chi connectivity index (χ4n) is 0.515. The Labute approximate surface area is 109 Å². The summed E-state index contributed by atoms with van der Waals surface area (Å²) < 4.78 is 29.8. The Kier molecular flexibility index (Phi) is 28.4. The molecular formula is C11H31O4P2+. The van der Waals surface area contributed by atoms with Gasteiger partial charge in [-0.25, -0.2) is 0 Å². The summed E-state index contributed by atoms with van der Waals surface area (Å²) in [6.07, 6.45) is 0. The van der Waals surface area contributed by atoms with Crippen LogP contribution in [0.15, 0.2) is 0 Å². The molecular weight excluding hydrogens is 258 g/mol. The molecule has 0 amide bonds. The van der Waals surface area contributed by atoms with Crippen LogP contribution in [0.4, 0.5) is 0 Å². The van der Waals surface area contributed by atoms with Crippen LogP contribution < -0.4 is 0 Å². The van der Waals surface area contributed by atoms with Crippen molar-refractivity contribution in [3.8, 4) is 0 Å². The first-order valence-electron chi connectivity index (χ1n) is 5.32. The Bertz CT molecular complexity index is 184. The topological polar surface area (TPSA) is 52.6 Å². The molecule has 0 aromatic carbocycles. The minimum atomic E-state index is -2.17. The first-order valence-corrected chi connectivity index (χ1v) is 10.00. The predicted octanol–water partition coefficient (Wildman–Crippen LogP) is 4.31. The van der Waals surface area contributed by atoms with Crippen molar-refractivity contribution >= 4 is 15.2 Å². The lowest BCUT2D eigenvalue weighted by Gasteiger charge is -2.02. The lowest BCUT2D eigenvalue weighted by molar-refractivity contribution is 0.162. The van der Waals surface area contributed by atoms with Crippen molar-refractivity contribution in [2.24, 2.45) is 0 Å². The van der Waals surface area contributed by atoms with Crippen molar-refractivity contribution in [2.45, 2.75) is 28.2 Å². The second-order valence-electron chi connectivity index (χ2n) is 3.26. The molecule has 4 nitrogen and oxygen atoms in total. The van der Waals surface area contributed by atoms with Crippen molar-refractivity contribution < 1.29 is 18.4 Å². The molecule has 0 unspecified atom stereocenters. The summed E-state index contributed by atoms with van der Waals surface area (Å²) in [5.41, 5.74) is 0. The van der Waals surface area contributed by atoms with E-state index in [1.807, 2.05) is 20.8 Å². The second kappa shape index (κ2) is 18.6. The lowest BCUT2D eigenvalue weighted by Crippen LogP contribution is -1.84. The average Bonchev–Trinajstić information content (AvgIpc) is 2.03. The molecule has 0 rings (SSSR count). The third-order valence-electron chi connectivity index (χ3n) is 0.848. The van der Waals surface area contributed by atoms with Gasteiger partial charge in [-0.15, -0.1) is 0 Å². The van der Waals surface area contributed by atoms with E-state index in [1.54, 1.807) is 26.7 Å². The maximum absolute atomic E-state index is 10.6. The molecule has 0 radical (unpaired) electrons. The molecule has 0 spiro atoms. The Morgan fingerprint density at radius 3 is 1.29 bits per heavy atom. The summed E-state index contributed by atoms with van der Waals surface area (Å²) in [5, 5.41) is 0. The molecule has 0 atom stereocenters. The van der Waals surface area contributed by atoms with E-state index in [2.05, 4.69) is 0 Å². The molecule has 0 heterocycles. The van der Waals surface area contributed by atoms with Crippen LogP contribution in [0.3, 0.4) is 0 Å². The van der Waals surface area contributed by atoms with Gasteiger partial charge < -0.3 is 9.26 Å². The zero-order valence-corrected chi connectivity index (χ0v) is 13.4. The van der Waals surface area contributed by atoms with Gasteiger partial charge in [-0.1, -0.05) is 12.0 Å². The molecule has 6 heteroatoms. The highest BCUT2D eigenvalue weighted by Gasteiger charge is 2.02. The molecule has 0 aromatic heterocycles. The molecule has 0 aliphatic rings. The molecule has 0 saturated heterocycles. The van der Waals surface area contributed by atoms with Gasteiger partial charge in [0.05, 0.1) is 6.61 Å². The Hall–Kier alpha value is 0.250. The summed E-state index contributed by atoms with van der Waals surface area (Å²) in [4.78, 5) is 0. The van der Waals surface area contributed by atoms with Gasteiger partial charge in [0.15, 0.2) is 7.37 Å². The highest BCUT2D eigenvalue weighted by molar-refractivity contribution is 7.57. The van der Waals surface area contributed by atoms with Crippen molar-refractivity contribution in [1.29, 1.82) is 0 Å². The van der Waals surface area contributed by atoms with E-state index in [0.29, 0.717) is 6.61 Å². The van der Waals surface area contributed by atoms with E-state index < -0.39 is 15.2 Å². The zero-order chi connectivity index (χ0) is 13.6. The fourth-order valence-corrected chi connectivity index (χ4v) is 1.14. The SMILES string of the molecule is C.CCOCC.CCOP(C)(C)=O.C[P+](C)=O. The summed E-state index contributed by atoms with van der Waals surface area (Å²) in [6.45, 7) is 14.6. The normalized spacial score (nSPS) is 8.88. The summed E-state index contributed by atoms with van der Waals surface area (Å²) >= 11 is 0. The van der Waals surface area contributed by atoms with Gasteiger partial charge in [0.2, 0.25) is 0 Å². The minimum Gasteiger partial charge on any atom is -0.382 e. The van der Waals surface area contributed by atoms with Crippen LogP contribution in [-0.2, 0) is 18.4 Å². The van der Waals surface area contributed by atoms with Crippen LogP contribution in [0, 0.1) is 0 Å². The first-order chi connectivity index (χ1) is 7.21. The maximum atomic E-state index is 10.6. The standard InChI is InChI=1S/C4H11O2P.C4H10O.C2H6OP.CH4/c1-4-6-7(2,3)5;1-3-5-4-2;1-4(2)3;/h4H2,1-3H3;3-4H2,1-2H3;1-2H3;1H4/q;;+1;. The first kappa shape index (κ1) is 25.9. The number of hydrogen-bond acceptors (Lipinski definition) is 4. The Balaban J connectivity index is -0.0000000757. The molecule has 0 bridgehead atoms. The van der Waals surface area contributed by atoms with Crippen LogP contribution in [0.2, 0.25) is 0 Å². The molecule has 0 saturated carbocycles. The molecule has 0 aliphatic carbocycles. The minimum absolute atomic E-state index is 0. The van der Waals surface area contributed by atoms with Gasteiger partial charge in [0, 0.05) is 26.5 Å². The fraction of sp³-hybridized carbons (Fsp3) is 1.00. The van der Waals surface area contributed by atoms with Gasteiger partial charge in [-0.2, -0.15) is 0 Å². The molecule has 0 N–H and O–H groups in total. The number of hydrogen-bond donors (Lipinski definition) is 0. The highest BCUT2D eigenvalue weighted by Crippen LogP contribution is 2.36. The largest absolute Gasteiger partial charge is 0.382 e. The molecule has 108 valence electrons. The predicted molar refractivity (Wildman–Crippen MR) is 79.4 cm³/mol. The van der Waals surface area contributed by atoms with Crippen LogP contribution in [0.1, 0.15) is 28.2 Å². The number of rotatable bonds is 4. The van der Waals surface area contributed by atoms with E-state index in [1.165, 1.54) is 0 Å². The lowest BCUT2D eigenvalue weighted by atomic mass is 10.8. The van der Waals surface area contributed by atoms with E-state index in [0.717, 1.165) is 13.2 Å². The quantitative estimate of drug-likeness (QED) is 0.723. The summed E-state index contributed by atoms with van der Waals surface area (Å²) in [6, 6.07) is 0. The molecule has 0 fully saturated rings. The van der Waals surface area contributed by atoms with E-state index >= 15 is 0 Å². The second-order valence-corrected chi connectivity index (χ2v) is 7.65. The van der Waals surface area contributed by atoms with Crippen molar-refractivity contribution in [2.75, 3.05) is 46.5 Å². The van der Waals surface area contributed by atoms with Gasteiger partial charge >= 0.3 is 7.80 Å². The summed E-state index contributed by atoms with van der Waals surface area (Å²) in [7, 11) is -3.04. The van der Waals surface area contributed by atoms with Gasteiger partial charge in [0.25, 0.3) is 0 Å². The van der Waals surface area contributed by atoms with Gasteiger partial charge in [0.1, 0.15) is 13.3 Å². The average molecular weight is 289 g/mol.